The van der Waals surface area contributed by atoms with Crippen LogP contribution in [-0.4, -0.2) is 40.0 Å². The largest absolute Gasteiger partial charge is 0.467 e. The van der Waals surface area contributed by atoms with Crippen molar-refractivity contribution in [1.29, 1.82) is 0 Å². The number of H-pyrrole nitrogens is 1. The molecule has 3 aromatic heterocycles. The number of hydrogen-bond donors (Lipinski definition) is 2. The van der Waals surface area contributed by atoms with Crippen molar-refractivity contribution in [2.75, 3.05) is 13.1 Å². The van der Waals surface area contributed by atoms with Crippen molar-refractivity contribution in [3.8, 4) is 0 Å². The SMILES string of the molecule is Cc1cc(C(=O)N2CCC(c3cc(C(=O)NCc4ccco4)n[nH]3)CC2)c(C)o1. The van der Waals surface area contributed by atoms with E-state index < -0.39 is 0 Å². The average molecular weight is 396 g/mol. The van der Waals surface area contributed by atoms with Crippen molar-refractivity contribution in [2.45, 2.75) is 39.2 Å². The summed E-state index contributed by atoms with van der Waals surface area (Å²) in [6.07, 6.45) is 3.20. The molecule has 0 saturated carbocycles. The quantitative estimate of drug-likeness (QED) is 0.689. The van der Waals surface area contributed by atoms with Crippen molar-refractivity contribution in [2.24, 2.45) is 0 Å². The normalized spacial score (nSPS) is 14.9. The number of aromatic nitrogens is 2. The van der Waals surface area contributed by atoms with Crippen LogP contribution in [0.4, 0.5) is 0 Å². The third kappa shape index (κ3) is 4.11. The third-order valence-corrected chi connectivity index (χ3v) is 5.33. The van der Waals surface area contributed by atoms with Gasteiger partial charge in [0.05, 0.1) is 18.4 Å². The molecule has 152 valence electrons. The molecule has 1 saturated heterocycles. The van der Waals surface area contributed by atoms with E-state index >= 15 is 0 Å². The lowest BCUT2D eigenvalue weighted by atomic mass is 9.93. The molecule has 1 fully saturated rings. The summed E-state index contributed by atoms with van der Waals surface area (Å²) in [6, 6.07) is 7.17. The molecule has 1 aliphatic rings. The number of nitrogens with zero attached hydrogens (tertiary/aromatic N) is 2. The summed E-state index contributed by atoms with van der Waals surface area (Å²) >= 11 is 0. The first-order valence-corrected chi connectivity index (χ1v) is 9.73. The molecule has 8 heteroatoms. The van der Waals surface area contributed by atoms with E-state index in [0.29, 0.717) is 42.4 Å². The van der Waals surface area contributed by atoms with Crippen molar-refractivity contribution in [3.05, 3.63) is 64.8 Å². The predicted octanol–water partition coefficient (Wildman–Crippen LogP) is 3.16. The summed E-state index contributed by atoms with van der Waals surface area (Å²) in [6.45, 7) is 5.30. The zero-order valence-corrected chi connectivity index (χ0v) is 16.5. The highest BCUT2D eigenvalue weighted by Gasteiger charge is 2.28. The monoisotopic (exact) mass is 396 g/mol. The van der Waals surface area contributed by atoms with Gasteiger partial charge in [-0.2, -0.15) is 5.10 Å². The lowest BCUT2D eigenvalue weighted by molar-refractivity contribution is 0.0710. The Kier molecular flexibility index (Phi) is 5.24. The molecule has 2 amide bonds. The van der Waals surface area contributed by atoms with E-state index in [9.17, 15) is 9.59 Å². The molecule has 4 heterocycles. The zero-order valence-electron chi connectivity index (χ0n) is 16.5. The van der Waals surface area contributed by atoms with Gasteiger partial charge >= 0.3 is 0 Å². The van der Waals surface area contributed by atoms with E-state index in [1.807, 2.05) is 18.7 Å². The summed E-state index contributed by atoms with van der Waals surface area (Å²) in [7, 11) is 0. The topological polar surface area (TPSA) is 104 Å². The fourth-order valence-corrected chi connectivity index (χ4v) is 3.74. The molecule has 3 aromatic rings. The van der Waals surface area contributed by atoms with Gasteiger partial charge in [-0.15, -0.1) is 0 Å². The van der Waals surface area contributed by atoms with Crippen LogP contribution in [-0.2, 0) is 6.54 Å². The highest BCUT2D eigenvalue weighted by Crippen LogP contribution is 2.28. The molecule has 0 unspecified atom stereocenters. The number of aryl methyl sites for hydroxylation is 2. The molecule has 0 radical (unpaired) electrons. The first kappa shape index (κ1) is 19.0. The molecular formula is C21H24N4O4. The van der Waals surface area contributed by atoms with Crippen LogP contribution in [0.15, 0.2) is 39.4 Å². The van der Waals surface area contributed by atoms with Crippen molar-refractivity contribution < 1.29 is 18.4 Å². The standard InChI is InChI=1S/C21H24N4O4/c1-13-10-17(14(2)29-13)21(27)25-7-5-15(6-8-25)18-11-19(24-23-18)20(26)22-12-16-4-3-9-28-16/h3-4,9-11,15H,5-8,12H2,1-2H3,(H,22,26)(H,23,24). The van der Waals surface area contributed by atoms with Crippen molar-refractivity contribution in [1.82, 2.24) is 20.4 Å². The minimum atomic E-state index is -0.248. The molecule has 2 N–H and O–H groups in total. The average Bonchev–Trinajstić information content (AvgIpc) is 3.47. The van der Waals surface area contributed by atoms with E-state index in [4.69, 9.17) is 8.83 Å². The molecule has 29 heavy (non-hydrogen) atoms. The van der Waals surface area contributed by atoms with Crippen LogP contribution in [0.1, 0.15) is 62.6 Å². The summed E-state index contributed by atoms with van der Waals surface area (Å²) in [5.74, 6) is 2.10. The number of furan rings is 2. The molecule has 1 aliphatic heterocycles. The Labute approximate surface area is 168 Å². The van der Waals surface area contributed by atoms with E-state index in [-0.39, 0.29) is 17.7 Å². The lowest BCUT2D eigenvalue weighted by Crippen LogP contribution is -2.38. The number of carbonyl (C=O) groups is 2. The van der Waals surface area contributed by atoms with E-state index in [1.54, 1.807) is 30.5 Å². The fourth-order valence-electron chi connectivity index (χ4n) is 3.74. The van der Waals surface area contributed by atoms with E-state index in [0.717, 1.165) is 24.3 Å². The maximum atomic E-state index is 12.7. The number of carbonyl (C=O) groups excluding carboxylic acids is 2. The van der Waals surface area contributed by atoms with Crippen LogP contribution >= 0.6 is 0 Å². The van der Waals surface area contributed by atoms with Gasteiger partial charge in [-0.3, -0.25) is 14.7 Å². The Morgan fingerprint density at radius 2 is 2.07 bits per heavy atom. The van der Waals surface area contributed by atoms with E-state index in [2.05, 4.69) is 15.5 Å². The van der Waals surface area contributed by atoms with Crippen LogP contribution in [0.3, 0.4) is 0 Å². The zero-order chi connectivity index (χ0) is 20.4. The lowest BCUT2D eigenvalue weighted by Gasteiger charge is -2.31. The van der Waals surface area contributed by atoms with Gasteiger partial charge in [-0.1, -0.05) is 0 Å². The van der Waals surface area contributed by atoms with Crippen molar-refractivity contribution >= 4 is 11.8 Å². The summed E-state index contributed by atoms with van der Waals surface area (Å²) < 4.78 is 10.7. The predicted molar refractivity (Wildman–Crippen MR) is 105 cm³/mol. The van der Waals surface area contributed by atoms with Gasteiger partial charge in [-0.25, -0.2) is 0 Å². The Hall–Kier alpha value is -3.29. The van der Waals surface area contributed by atoms with Gasteiger partial charge in [0.1, 0.15) is 23.0 Å². The number of piperidine rings is 1. The van der Waals surface area contributed by atoms with E-state index in [1.165, 1.54) is 0 Å². The Bertz CT molecular complexity index is 994. The van der Waals surface area contributed by atoms with Crippen LogP contribution in [0.5, 0.6) is 0 Å². The molecule has 4 rings (SSSR count). The van der Waals surface area contributed by atoms with Crippen LogP contribution in [0, 0.1) is 13.8 Å². The summed E-state index contributed by atoms with van der Waals surface area (Å²) in [4.78, 5) is 26.9. The Morgan fingerprint density at radius 1 is 1.28 bits per heavy atom. The minimum absolute atomic E-state index is 0.0143. The van der Waals surface area contributed by atoms with Gasteiger partial charge in [0, 0.05) is 24.7 Å². The number of nitrogens with one attached hydrogen (secondary N) is 2. The van der Waals surface area contributed by atoms with Gasteiger partial charge < -0.3 is 19.1 Å². The molecule has 8 nitrogen and oxygen atoms in total. The highest BCUT2D eigenvalue weighted by molar-refractivity contribution is 5.95. The molecule has 0 aromatic carbocycles. The summed E-state index contributed by atoms with van der Waals surface area (Å²) in [5.41, 5.74) is 1.92. The smallest absolute Gasteiger partial charge is 0.272 e. The molecule has 0 bridgehead atoms. The third-order valence-electron chi connectivity index (χ3n) is 5.33. The second-order valence-electron chi connectivity index (χ2n) is 7.36. The van der Waals surface area contributed by atoms with Gasteiger partial charge in [0.2, 0.25) is 0 Å². The number of amides is 2. The second-order valence-corrected chi connectivity index (χ2v) is 7.36. The van der Waals surface area contributed by atoms with Gasteiger partial charge in [-0.05, 0) is 51.0 Å². The Morgan fingerprint density at radius 3 is 2.72 bits per heavy atom. The number of rotatable bonds is 5. The Balaban J connectivity index is 1.32. The summed E-state index contributed by atoms with van der Waals surface area (Å²) in [5, 5.41) is 9.92. The molecule has 0 atom stereocenters. The van der Waals surface area contributed by atoms with Crippen LogP contribution in [0.2, 0.25) is 0 Å². The maximum absolute atomic E-state index is 12.7. The van der Waals surface area contributed by atoms with Crippen LogP contribution < -0.4 is 5.32 Å². The van der Waals surface area contributed by atoms with Crippen LogP contribution in [0.25, 0.3) is 0 Å². The van der Waals surface area contributed by atoms with Gasteiger partial charge in [0.25, 0.3) is 11.8 Å². The van der Waals surface area contributed by atoms with Crippen molar-refractivity contribution in [3.63, 3.8) is 0 Å². The first-order valence-electron chi connectivity index (χ1n) is 9.73. The first-order chi connectivity index (χ1) is 14.0. The number of aromatic amines is 1. The molecule has 0 spiro atoms. The second kappa shape index (κ2) is 7.98. The van der Waals surface area contributed by atoms with Gasteiger partial charge in [0.15, 0.2) is 0 Å². The fraction of sp³-hybridized carbons (Fsp3) is 0.381. The molecular weight excluding hydrogens is 372 g/mol. The minimum Gasteiger partial charge on any atom is -0.467 e. The number of hydrogen-bond acceptors (Lipinski definition) is 5. The highest BCUT2D eigenvalue weighted by atomic mass is 16.3. The number of likely N-dealkylation sites (tertiary alicyclic amines) is 1. The molecule has 0 aliphatic carbocycles. The maximum Gasteiger partial charge on any atom is 0.272 e.